The van der Waals surface area contributed by atoms with Gasteiger partial charge < -0.3 is 24.8 Å². The smallest absolute Gasteiger partial charge is 1.00 e. The van der Waals surface area contributed by atoms with Crippen molar-refractivity contribution in [2.24, 2.45) is 5.92 Å². The summed E-state index contributed by atoms with van der Waals surface area (Å²) in [5.74, 6) is 0.702. The van der Waals surface area contributed by atoms with Crippen LogP contribution in [0.25, 0.3) is 6.08 Å². The molecule has 0 amide bonds. The van der Waals surface area contributed by atoms with Gasteiger partial charge in [0.15, 0.2) is 0 Å². The first-order valence-corrected chi connectivity index (χ1v) is 9.66. The van der Waals surface area contributed by atoms with Crippen molar-refractivity contribution in [3.8, 4) is 0 Å². The van der Waals surface area contributed by atoms with E-state index in [2.05, 4.69) is 64.1 Å². The largest absolute Gasteiger partial charge is 1.00 e. The fourth-order valence-electron chi connectivity index (χ4n) is 3.14. The van der Waals surface area contributed by atoms with Gasteiger partial charge in [-0.2, -0.15) is 0 Å². The third kappa shape index (κ3) is 3.31. The molecule has 0 heterocycles. The predicted molar refractivity (Wildman–Crippen MR) is 78.5 cm³/mol. The molecule has 0 aliphatic heterocycles. The van der Waals surface area contributed by atoms with E-state index in [1.54, 1.807) is 22.3 Å². The van der Waals surface area contributed by atoms with Crippen molar-refractivity contribution < 1.29 is 48.0 Å². The Labute approximate surface area is 152 Å². The van der Waals surface area contributed by atoms with Crippen LogP contribution in [0.5, 0.6) is 0 Å². The van der Waals surface area contributed by atoms with E-state index < -0.39 is 23.2 Å². The maximum absolute atomic E-state index is 2.45. The number of rotatable bonds is 2. The SMILES string of the molecule is CC1=C(C)C(C)[C]([Zr+2][CH]2C=Cc3ccccc32)=C1C.[Cl-].[Cl-]. The fraction of sp³-hybridized carbons (Fsp3) is 0.333. The molecule has 1 aromatic carbocycles. The Balaban J connectivity index is 0.00000110. The van der Waals surface area contributed by atoms with Gasteiger partial charge in [0, 0.05) is 0 Å². The topological polar surface area (TPSA) is 0 Å². The van der Waals surface area contributed by atoms with E-state index in [9.17, 15) is 0 Å². The molecule has 0 fully saturated rings. The van der Waals surface area contributed by atoms with Crippen molar-refractivity contribution in [2.75, 3.05) is 0 Å². The van der Waals surface area contributed by atoms with Gasteiger partial charge >= 0.3 is 128 Å². The van der Waals surface area contributed by atoms with Crippen LogP contribution >= 0.6 is 0 Å². The van der Waals surface area contributed by atoms with Gasteiger partial charge in [-0.1, -0.05) is 0 Å². The molecular weight excluding hydrogens is 378 g/mol. The quantitative estimate of drug-likeness (QED) is 0.606. The predicted octanol–water partition coefficient (Wildman–Crippen LogP) is -0.895. The molecule has 0 N–H and O–H groups in total. The Morgan fingerprint density at radius 2 is 1.62 bits per heavy atom. The molecule has 1 aromatic rings. The summed E-state index contributed by atoms with van der Waals surface area (Å²) < 4.78 is 2.55. The van der Waals surface area contributed by atoms with Crippen molar-refractivity contribution >= 4 is 6.08 Å². The van der Waals surface area contributed by atoms with E-state index in [1.807, 2.05) is 3.28 Å². The Morgan fingerprint density at radius 1 is 0.952 bits per heavy atom. The Bertz CT molecular complexity index is 626. The summed E-state index contributed by atoms with van der Waals surface area (Å²) in [7, 11) is 0. The average molecular weight is 398 g/mol. The molecule has 2 aliphatic rings. The van der Waals surface area contributed by atoms with Crippen LogP contribution in [0, 0.1) is 5.92 Å². The molecule has 0 aromatic heterocycles. The molecule has 0 saturated heterocycles. The molecule has 3 rings (SSSR count). The van der Waals surface area contributed by atoms with E-state index in [4.69, 9.17) is 0 Å². The number of fused-ring (bicyclic) bond motifs is 1. The zero-order chi connectivity index (χ0) is 13.6. The summed E-state index contributed by atoms with van der Waals surface area (Å²) in [6.07, 6.45) is 4.77. The third-order valence-electron chi connectivity index (χ3n) is 4.75. The second-order valence-corrected chi connectivity index (χ2v) is 9.24. The molecule has 0 nitrogen and oxygen atoms in total. The summed E-state index contributed by atoms with van der Waals surface area (Å²) in [4.78, 5) is 0. The van der Waals surface area contributed by atoms with Gasteiger partial charge in [-0.15, -0.1) is 0 Å². The van der Waals surface area contributed by atoms with Crippen molar-refractivity contribution in [1.29, 1.82) is 0 Å². The van der Waals surface area contributed by atoms with Gasteiger partial charge in [-0.25, -0.2) is 0 Å². The standard InChI is InChI=1S/C9H7.C9H13.2ClH.Zr/c1-2-5-9-7-3-6-8(9)4-1;1-6-5-7(2)9(4)8(6)3;;;/h1-7H;6H,1-4H3;2*1H;/q;;;;+2/p-2. The molecule has 110 valence electrons. The maximum atomic E-state index is 2.45. The van der Waals surface area contributed by atoms with Crippen molar-refractivity contribution in [2.45, 2.75) is 31.3 Å². The van der Waals surface area contributed by atoms with Crippen molar-refractivity contribution in [3.63, 3.8) is 0 Å². The second kappa shape index (κ2) is 7.45. The number of halogens is 2. The van der Waals surface area contributed by atoms with Gasteiger partial charge in [0.25, 0.3) is 0 Å². The Hall–Kier alpha value is -0.0969. The zero-order valence-corrected chi connectivity index (χ0v) is 16.8. The minimum Gasteiger partial charge on any atom is -1.00 e. The van der Waals surface area contributed by atoms with E-state index in [-0.39, 0.29) is 24.8 Å². The summed E-state index contributed by atoms with van der Waals surface area (Å²) in [6.45, 7) is 9.35. The molecule has 21 heavy (non-hydrogen) atoms. The molecule has 0 spiro atoms. The first-order valence-electron chi connectivity index (χ1n) is 7.01. The molecule has 3 heteroatoms. The number of hydrogen-bond donors (Lipinski definition) is 0. The molecule has 2 unspecified atom stereocenters. The Morgan fingerprint density at radius 3 is 2.24 bits per heavy atom. The van der Waals surface area contributed by atoms with Crippen LogP contribution in [0.15, 0.2) is 50.3 Å². The Kier molecular flexibility index (Phi) is 6.72. The number of hydrogen-bond acceptors (Lipinski definition) is 0. The molecule has 0 radical (unpaired) electrons. The van der Waals surface area contributed by atoms with Crippen LogP contribution < -0.4 is 24.8 Å². The van der Waals surface area contributed by atoms with Crippen LogP contribution in [-0.4, -0.2) is 0 Å². The van der Waals surface area contributed by atoms with Crippen LogP contribution in [0.4, 0.5) is 0 Å². The first kappa shape index (κ1) is 19.0. The molecule has 2 atom stereocenters. The van der Waals surface area contributed by atoms with E-state index >= 15 is 0 Å². The zero-order valence-electron chi connectivity index (χ0n) is 12.9. The molecule has 0 bridgehead atoms. The molecular formula is C18H20Cl2Zr. The first-order chi connectivity index (χ1) is 9.09. The number of benzene rings is 1. The summed E-state index contributed by atoms with van der Waals surface area (Å²) in [5, 5.41) is 0. The summed E-state index contributed by atoms with van der Waals surface area (Å²) in [5.41, 5.74) is 7.78. The van der Waals surface area contributed by atoms with Crippen molar-refractivity contribution in [3.05, 3.63) is 61.5 Å². The van der Waals surface area contributed by atoms with Gasteiger partial charge in [-0.05, 0) is 0 Å². The van der Waals surface area contributed by atoms with Gasteiger partial charge in [0.2, 0.25) is 0 Å². The third-order valence-corrected chi connectivity index (χ3v) is 9.50. The average Bonchev–Trinajstić information content (AvgIpc) is 2.91. The minimum atomic E-state index is -0.572. The van der Waals surface area contributed by atoms with Gasteiger partial charge in [-0.3, -0.25) is 0 Å². The summed E-state index contributed by atoms with van der Waals surface area (Å²) in [6, 6.07) is 8.91. The van der Waals surface area contributed by atoms with Crippen LogP contribution in [0.3, 0.4) is 0 Å². The normalized spacial score (nSPS) is 22.7. The molecule has 2 aliphatic carbocycles. The van der Waals surface area contributed by atoms with E-state index in [1.165, 1.54) is 5.56 Å². The number of allylic oxidation sites excluding steroid dienone is 5. The summed E-state index contributed by atoms with van der Waals surface area (Å²) >= 11 is -0.572. The minimum absolute atomic E-state index is 0. The fourth-order valence-corrected chi connectivity index (χ4v) is 7.60. The van der Waals surface area contributed by atoms with E-state index in [0.29, 0.717) is 5.92 Å². The van der Waals surface area contributed by atoms with Gasteiger partial charge in [0.05, 0.1) is 0 Å². The van der Waals surface area contributed by atoms with E-state index in [0.717, 1.165) is 3.63 Å². The van der Waals surface area contributed by atoms with Crippen LogP contribution in [0.2, 0.25) is 0 Å². The van der Waals surface area contributed by atoms with Gasteiger partial charge in [0.1, 0.15) is 0 Å². The maximum Gasteiger partial charge on any atom is -1.00 e. The van der Waals surface area contributed by atoms with Crippen molar-refractivity contribution in [1.82, 2.24) is 0 Å². The van der Waals surface area contributed by atoms with Crippen LogP contribution in [0.1, 0.15) is 42.4 Å². The molecule has 0 saturated carbocycles. The van der Waals surface area contributed by atoms with Crippen LogP contribution in [-0.2, 0) is 23.2 Å². The monoisotopic (exact) mass is 396 g/mol. The second-order valence-electron chi connectivity index (χ2n) is 5.68.